The van der Waals surface area contributed by atoms with Crippen molar-refractivity contribution in [2.45, 2.75) is 13.3 Å². The van der Waals surface area contributed by atoms with Gasteiger partial charge in [0.1, 0.15) is 5.01 Å². The first-order valence-corrected chi connectivity index (χ1v) is 7.79. The Morgan fingerprint density at radius 3 is 2.57 bits per heavy atom. The van der Waals surface area contributed by atoms with Crippen LogP contribution in [0.15, 0.2) is 48.5 Å². The summed E-state index contributed by atoms with van der Waals surface area (Å²) >= 11 is 7.46. The molecule has 1 aromatic heterocycles. The molecule has 0 saturated carbocycles. The van der Waals surface area contributed by atoms with Gasteiger partial charge in [0.2, 0.25) is 5.13 Å². The van der Waals surface area contributed by atoms with E-state index in [1.54, 1.807) is 11.3 Å². The number of para-hydroxylation sites is 1. The smallest absolute Gasteiger partial charge is 0.210 e. The molecule has 0 unspecified atom stereocenters. The zero-order valence-corrected chi connectivity index (χ0v) is 13.1. The second-order valence-electron chi connectivity index (χ2n) is 4.74. The van der Waals surface area contributed by atoms with Crippen LogP contribution in [0.25, 0.3) is 0 Å². The molecule has 0 aliphatic heterocycles. The highest BCUT2D eigenvalue weighted by molar-refractivity contribution is 7.15. The molecule has 0 spiro atoms. The second kappa shape index (κ2) is 6.24. The van der Waals surface area contributed by atoms with Crippen LogP contribution in [-0.4, -0.2) is 10.2 Å². The van der Waals surface area contributed by atoms with Gasteiger partial charge in [-0.05, 0) is 36.2 Å². The van der Waals surface area contributed by atoms with Gasteiger partial charge in [0.05, 0.1) is 0 Å². The molecule has 1 N–H and O–H groups in total. The maximum atomic E-state index is 5.89. The van der Waals surface area contributed by atoms with Gasteiger partial charge in [-0.2, -0.15) is 0 Å². The van der Waals surface area contributed by atoms with Crippen LogP contribution in [0.2, 0.25) is 5.02 Å². The average molecular weight is 316 g/mol. The summed E-state index contributed by atoms with van der Waals surface area (Å²) in [5, 5.41) is 14.3. The van der Waals surface area contributed by atoms with Crippen molar-refractivity contribution in [3.8, 4) is 0 Å². The highest BCUT2D eigenvalue weighted by atomic mass is 35.5. The quantitative estimate of drug-likeness (QED) is 0.749. The molecule has 2 aromatic carbocycles. The minimum absolute atomic E-state index is 0.748. The first-order chi connectivity index (χ1) is 10.2. The van der Waals surface area contributed by atoms with Crippen molar-refractivity contribution in [3.63, 3.8) is 0 Å². The number of hydrogen-bond donors (Lipinski definition) is 1. The lowest BCUT2D eigenvalue weighted by Gasteiger charge is -2.04. The molecule has 3 nitrogen and oxygen atoms in total. The van der Waals surface area contributed by atoms with Gasteiger partial charge in [-0.1, -0.05) is 53.3 Å². The summed E-state index contributed by atoms with van der Waals surface area (Å²) in [5.74, 6) is 0. The SMILES string of the molecule is Cc1ccccc1Nc1nnc(Cc2ccc(Cl)cc2)s1. The fourth-order valence-electron chi connectivity index (χ4n) is 1.98. The Kier molecular flexibility index (Phi) is 4.18. The average Bonchev–Trinajstić information content (AvgIpc) is 2.91. The van der Waals surface area contributed by atoms with Crippen LogP contribution in [0.3, 0.4) is 0 Å². The number of aryl methyl sites for hydroxylation is 1. The van der Waals surface area contributed by atoms with E-state index in [0.29, 0.717) is 0 Å². The summed E-state index contributed by atoms with van der Waals surface area (Å²) in [6.07, 6.45) is 0.768. The third-order valence-electron chi connectivity index (χ3n) is 3.12. The maximum absolute atomic E-state index is 5.89. The zero-order valence-electron chi connectivity index (χ0n) is 11.5. The summed E-state index contributed by atoms with van der Waals surface area (Å²) in [6, 6.07) is 15.9. The molecule has 1 heterocycles. The lowest BCUT2D eigenvalue weighted by molar-refractivity contribution is 1.01. The lowest BCUT2D eigenvalue weighted by atomic mass is 10.2. The number of halogens is 1. The Bertz CT molecular complexity index is 737. The molecular weight excluding hydrogens is 302 g/mol. The Morgan fingerprint density at radius 1 is 1.05 bits per heavy atom. The minimum atomic E-state index is 0.748. The molecule has 106 valence electrons. The molecule has 0 atom stereocenters. The number of rotatable bonds is 4. The van der Waals surface area contributed by atoms with Crippen molar-refractivity contribution < 1.29 is 0 Å². The molecule has 0 saturated heterocycles. The van der Waals surface area contributed by atoms with E-state index in [-0.39, 0.29) is 0 Å². The van der Waals surface area contributed by atoms with Gasteiger partial charge < -0.3 is 5.32 Å². The van der Waals surface area contributed by atoms with Crippen molar-refractivity contribution in [2.24, 2.45) is 0 Å². The first-order valence-electron chi connectivity index (χ1n) is 6.60. The van der Waals surface area contributed by atoms with E-state index in [2.05, 4.69) is 28.5 Å². The van der Waals surface area contributed by atoms with E-state index in [1.165, 1.54) is 11.1 Å². The van der Waals surface area contributed by atoms with Gasteiger partial charge in [-0.15, -0.1) is 10.2 Å². The minimum Gasteiger partial charge on any atom is -0.330 e. The predicted octanol–water partition coefficient (Wildman–Crippen LogP) is 4.83. The van der Waals surface area contributed by atoms with Gasteiger partial charge in [-0.25, -0.2) is 0 Å². The number of aromatic nitrogens is 2. The van der Waals surface area contributed by atoms with E-state index in [4.69, 9.17) is 11.6 Å². The van der Waals surface area contributed by atoms with Gasteiger partial charge in [-0.3, -0.25) is 0 Å². The van der Waals surface area contributed by atoms with Crippen LogP contribution in [0.4, 0.5) is 10.8 Å². The Hall–Kier alpha value is -1.91. The first kappa shape index (κ1) is 14.0. The highest BCUT2D eigenvalue weighted by Crippen LogP contribution is 2.24. The topological polar surface area (TPSA) is 37.8 Å². The summed E-state index contributed by atoms with van der Waals surface area (Å²) in [4.78, 5) is 0. The van der Waals surface area contributed by atoms with Crippen molar-refractivity contribution in [3.05, 3.63) is 69.7 Å². The Labute approximate surface area is 132 Å². The van der Waals surface area contributed by atoms with Crippen molar-refractivity contribution in [2.75, 3.05) is 5.32 Å². The maximum Gasteiger partial charge on any atom is 0.210 e. The molecule has 0 radical (unpaired) electrons. The molecular formula is C16H14ClN3S. The van der Waals surface area contributed by atoms with Crippen LogP contribution in [0, 0.1) is 6.92 Å². The van der Waals surface area contributed by atoms with Crippen LogP contribution in [0.1, 0.15) is 16.1 Å². The molecule has 0 aliphatic rings. The standard InChI is InChI=1S/C16H14ClN3S/c1-11-4-2-3-5-14(11)18-16-20-19-15(21-16)10-12-6-8-13(17)9-7-12/h2-9H,10H2,1H3,(H,18,20). The van der Waals surface area contributed by atoms with E-state index < -0.39 is 0 Å². The van der Waals surface area contributed by atoms with E-state index in [0.717, 1.165) is 27.3 Å². The Morgan fingerprint density at radius 2 is 1.81 bits per heavy atom. The molecule has 3 aromatic rings. The lowest BCUT2D eigenvalue weighted by Crippen LogP contribution is -1.91. The Balaban J connectivity index is 1.72. The number of benzene rings is 2. The third kappa shape index (κ3) is 3.60. The monoisotopic (exact) mass is 315 g/mol. The molecule has 5 heteroatoms. The number of anilines is 2. The third-order valence-corrected chi connectivity index (χ3v) is 4.21. The number of nitrogens with zero attached hydrogens (tertiary/aromatic N) is 2. The van der Waals surface area contributed by atoms with Gasteiger partial charge in [0.25, 0.3) is 0 Å². The summed E-state index contributed by atoms with van der Waals surface area (Å²) in [7, 11) is 0. The molecule has 21 heavy (non-hydrogen) atoms. The van der Waals surface area contributed by atoms with E-state index >= 15 is 0 Å². The van der Waals surface area contributed by atoms with E-state index in [1.807, 2.05) is 42.5 Å². The summed E-state index contributed by atoms with van der Waals surface area (Å²) in [6.45, 7) is 2.07. The molecule has 0 fully saturated rings. The predicted molar refractivity (Wildman–Crippen MR) is 88.6 cm³/mol. The van der Waals surface area contributed by atoms with Crippen LogP contribution >= 0.6 is 22.9 Å². The molecule has 0 bridgehead atoms. The fraction of sp³-hybridized carbons (Fsp3) is 0.125. The van der Waals surface area contributed by atoms with Crippen LogP contribution < -0.4 is 5.32 Å². The molecule has 0 amide bonds. The van der Waals surface area contributed by atoms with Gasteiger partial charge >= 0.3 is 0 Å². The highest BCUT2D eigenvalue weighted by Gasteiger charge is 2.06. The summed E-state index contributed by atoms with van der Waals surface area (Å²) < 4.78 is 0. The van der Waals surface area contributed by atoms with Crippen molar-refractivity contribution in [1.29, 1.82) is 0 Å². The normalized spacial score (nSPS) is 10.6. The van der Waals surface area contributed by atoms with Gasteiger partial charge in [0.15, 0.2) is 0 Å². The number of nitrogens with one attached hydrogen (secondary N) is 1. The zero-order chi connectivity index (χ0) is 14.7. The largest absolute Gasteiger partial charge is 0.330 e. The summed E-state index contributed by atoms with van der Waals surface area (Å²) in [5.41, 5.74) is 3.43. The van der Waals surface area contributed by atoms with Crippen molar-refractivity contribution >= 4 is 33.8 Å². The van der Waals surface area contributed by atoms with Crippen LogP contribution in [0.5, 0.6) is 0 Å². The van der Waals surface area contributed by atoms with E-state index in [9.17, 15) is 0 Å². The number of hydrogen-bond acceptors (Lipinski definition) is 4. The second-order valence-corrected chi connectivity index (χ2v) is 6.24. The fourth-order valence-corrected chi connectivity index (χ4v) is 2.89. The molecule has 0 aliphatic carbocycles. The van der Waals surface area contributed by atoms with Gasteiger partial charge in [0, 0.05) is 17.1 Å². The van der Waals surface area contributed by atoms with Crippen molar-refractivity contribution in [1.82, 2.24) is 10.2 Å². The van der Waals surface area contributed by atoms with Crippen LogP contribution in [-0.2, 0) is 6.42 Å². The molecule has 3 rings (SSSR count).